The van der Waals surface area contributed by atoms with Crippen molar-refractivity contribution in [2.24, 2.45) is 0 Å². The van der Waals surface area contributed by atoms with Crippen LogP contribution in [0.15, 0.2) is 18.2 Å². The highest BCUT2D eigenvalue weighted by Gasteiger charge is 2.35. The maximum atomic E-state index is 13.5. The fourth-order valence-corrected chi connectivity index (χ4v) is 4.45. The Bertz CT molecular complexity index is 614. The van der Waals surface area contributed by atoms with Crippen LogP contribution in [0.2, 0.25) is 0 Å². The third-order valence-electron chi connectivity index (χ3n) is 5.82. The molecule has 0 atom stereocenters. The van der Waals surface area contributed by atoms with Crippen molar-refractivity contribution in [3.63, 3.8) is 0 Å². The summed E-state index contributed by atoms with van der Waals surface area (Å²) in [5, 5.41) is 0. The van der Waals surface area contributed by atoms with Crippen molar-refractivity contribution >= 4 is 5.91 Å². The van der Waals surface area contributed by atoms with E-state index in [-0.39, 0.29) is 17.6 Å². The fourth-order valence-electron chi connectivity index (χ4n) is 4.45. The van der Waals surface area contributed by atoms with Gasteiger partial charge in [-0.3, -0.25) is 4.79 Å². The van der Waals surface area contributed by atoms with E-state index in [9.17, 15) is 4.79 Å². The van der Waals surface area contributed by atoms with Gasteiger partial charge in [0, 0.05) is 17.6 Å². The first-order chi connectivity index (χ1) is 11.9. The molecule has 0 bridgehead atoms. The van der Waals surface area contributed by atoms with Crippen LogP contribution in [0.3, 0.4) is 0 Å². The number of carbonyl (C=O) groups excluding carboxylic acids is 1. The van der Waals surface area contributed by atoms with Crippen molar-refractivity contribution in [2.75, 3.05) is 6.54 Å². The number of benzene rings is 1. The second kappa shape index (κ2) is 7.39. The van der Waals surface area contributed by atoms with E-state index in [4.69, 9.17) is 4.74 Å². The summed E-state index contributed by atoms with van der Waals surface area (Å²) in [4.78, 5) is 15.6. The largest absolute Gasteiger partial charge is 0.491 e. The third kappa shape index (κ3) is 4.02. The summed E-state index contributed by atoms with van der Waals surface area (Å²) in [6, 6.07) is 6.20. The summed E-state index contributed by atoms with van der Waals surface area (Å²) in [6.45, 7) is 9.33. The van der Waals surface area contributed by atoms with Crippen molar-refractivity contribution in [1.82, 2.24) is 4.90 Å². The molecule has 0 unspecified atom stereocenters. The van der Waals surface area contributed by atoms with Crippen molar-refractivity contribution in [3.05, 3.63) is 29.3 Å². The Morgan fingerprint density at radius 1 is 1.16 bits per heavy atom. The Labute approximate surface area is 152 Å². The number of hydrogen-bond donors (Lipinski definition) is 0. The molecule has 1 aromatic carbocycles. The zero-order chi connectivity index (χ0) is 18.0. The second-order valence-corrected chi connectivity index (χ2v) is 8.62. The van der Waals surface area contributed by atoms with E-state index >= 15 is 0 Å². The summed E-state index contributed by atoms with van der Waals surface area (Å²) in [7, 11) is 0. The van der Waals surface area contributed by atoms with Crippen LogP contribution in [0.25, 0.3) is 0 Å². The van der Waals surface area contributed by atoms with Crippen LogP contribution in [-0.2, 0) is 0 Å². The minimum Gasteiger partial charge on any atom is -0.491 e. The molecule has 3 rings (SSSR count). The third-order valence-corrected chi connectivity index (χ3v) is 5.82. The number of piperidine rings is 1. The van der Waals surface area contributed by atoms with Crippen LogP contribution in [0.5, 0.6) is 5.75 Å². The number of amides is 1. The molecule has 0 N–H and O–H groups in total. The molecule has 2 fully saturated rings. The van der Waals surface area contributed by atoms with Crippen LogP contribution in [0.1, 0.15) is 94.5 Å². The average Bonchev–Trinajstić information content (AvgIpc) is 3.07. The summed E-state index contributed by atoms with van der Waals surface area (Å²) in [5.74, 6) is 1.54. The Hall–Kier alpha value is -1.51. The van der Waals surface area contributed by atoms with Gasteiger partial charge in [-0.15, -0.1) is 0 Å². The minimum absolute atomic E-state index is 0.0583. The van der Waals surface area contributed by atoms with E-state index in [1.807, 2.05) is 26.0 Å². The van der Waals surface area contributed by atoms with E-state index in [1.165, 1.54) is 37.7 Å². The summed E-state index contributed by atoms with van der Waals surface area (Å²) in [6.07, 6.45) is 8.47. The average molecular weight is 344 g/mol. The highest BCUT2D eigenvalue weighted by atomic mass is 16.5. The molecule has 25 heavy (non-hydrogen) atoms. The molecule has 1 aliphatic heterocycles. The maximum Gasteiger partial charge on any atom is 0.254 e. The van der Waals surface area contributed by atoms with Gasteiger partial charge >= 0.3 is 0 Å². The quantitative estimate of drug-likeness (QED) is 0.718. The number of hydrogen-bond acceptors (Lipinski definition) is 2. The van der Waals surface area contributed by atoms with Gasteiger partial charge in [-0.05, 0) is 83.4 Å². The van der Waals surface area contributed by atoms with E-state index in [2.05, 4.69) is 24.8 Å². The van der Waals surface area contributed by atoms with Gasteiger partial charge in [0.2, 0.25) is 0 Å². The highest BCUT2D eigenvalue weighted by molar-refractivity contribution is 5.97. The molecule has 1 heterocycles. The lowest BCUT2D eigenvalue weighted by atomic mass is 9.87. The van der Waals surface area contributed by atoms with Crippen LogP contribution >= 0.6 is 0 Å². The van der Waals surface area contributed by atoms with Gasteiger partial charge < -0.3 is 9.64 Å². The van der Waals surface area contributed by atoms with Gasteiger partial charge in [0.05, 0.1) is 6.10 Å². The highest BCUT2D eigenvalue weighted by Crippen LogP contribution is 2.38. The van der Waals surface area contributed by atoms with Gasteiger partial charge in [0.25, 0.3) is 5.91 Å². The van der Waals surface area contributed by atoms with Gasteiger partial charge in [-0.1, -0.05) is 18.9 Å². The molecule has 1 aliphatic carbocycles. The summed E-state index contributed by atoms with van der Waals surface area (Å²) in [5.41, 5.74) is 2.05. The number of ether oxygens (including phenoxy) is 1. The van der Waals surface area contributed by atoms with Gasteiger partial charge in [0.15, 0.2) is 0 Å². The molecule has 138 valence electrons. The predicted octanol–water partition coefficient (Wildman–Crippen LogP) is 5.54. The summed E-state index contributed by atoms with van der Waals surface area (Å²) < 4.78 is 5.89. The number of rotatable bonds is 4. The number of carbonyl (C=O) groups is 1. The molecule has 0 radical (unpaired) electrons. The molecule has 3 heteroatoms. The maximum absolute atomic E-state index is 13.5. The first-order valence-electron chi connectivity index (χ1n) is 10.0. The Morgan fingerprint density at radius 3 is 2.52 bits per heavy atom. The minimum atomic E-state index is -0.0583. The molecule has 0 aromatic heterocycles. The lowest BCUT2D eigenvalue weighted by Crippen LogP contribution is -2.50. The molecule has 1 aromatic rings. The standard InChI is InChI=1S/C22H33NO2/c1-16(2)25-18-11-12-19(17-9-5-6-10-17)20(15-18)21(24)23-14-8-7-13-22(23,3)4/h11-12,15-17H,5-10,13-14H2,1-4H3. The molecule has 3 nitrogen and oxygen atoms in total. The lowest BCUT2D eigenvalue weighted by Gasteiger charge is -2.43. The fraction of sp³-hybridized carbons (Fsp3) is 0.682. The Balaban J connectivity index is 1.96. The van der Waals surface area contributed by atoms with E-state index in [0.717, 1.165) is 30.7 Å². The Morgan fingerprint density at radius 2 is 1.88 bits per heavy atom. The van der Waals surface area contributed by atoms with Crippen LogP contribution < -0.4 is 4.74 Å². The monoisotopic (exact) mass is 343 g/mol. The number of nitrogens with zero attached hydrogens (tertiary/aromatic N) is 1. The van der Waals surface area contributed by atoms with Gasteiger partial charge in [-0.25, -0.2) is 0 Å². The van der Waals surface area contributed by atoms with Crippen molar-refractivity contribution < 1.29 is 9.53 Å². The molecule has 0 spiro atoms. The number of likely N-dealkylation sites (tertiary alicyclic amines) is 1. The van der Waals surface area contributed by atoms with Crippen molar-refractivity contribution in [2.45, 2.75) is 90.2 Å². The van der Waals surface area contributed by atoms with E-state index in [1.54, 1.807) is 0 Å². The molecule has 2 aliphatic rings. The van der Waals surface area contributed by atoms with Crippen molar-refractivity contribution in [3.8, 4) is 5.75 Å². The second-order valence-electron chi connectivity index (χ2n) is 8.62. The zero-order valence-corrected chi connectivity index (χ0v) is 16.3. The van der Waals surface area contributed by atoms with Crippen LogP contribution in [0, 0.1) is 0 Å². The molecule has 1 amide bonds. The van der Waals surface area contributed by atoms with Gasteiger partial charge in [0.1, 0.15) is 5.75 Å². The molecular weight excluding hydrogens is 310 g/mol. The van der Waals surface area contributed by atoms with E-state index in [0.29, 0.717) is 5.92 Å². The summed E-state index contributed by atoms with van der Waals surface area (Å²) >= 11 is 0. The zero-order valence-electron chi connectivity index (χ0n) is 16.3. The topological polar surface area (TPSA) is 29.5 Å². The molecule has 1 saturated carbocycles. The van der Waals surface area contributed by atoms with Crippen LogP contribution in [0.4, 0.5) is 0 Å². The van der Waals surface area contributed by atoms with Crippen LogP contribution in [-0.4, -0.2) is 29.0 Å². The first kappa shape index (κ1) is 18.3. The smallest absolute Gasteiger partial charge is 0.254 e. The normalized spacial score (nSPS) is 20.9. The first-order valence-corrected chi connectivity index (χ1v) is 10.0. The molecular formula is C22H33NO2. The SMILES string of the molecule is CC(C)Oc1ccc(C2CCCC2)c(C(=O)N2CCCCC2(C)C)c1. The van der Waals surface area contributed by atoms with E-state index < -0.39 is 0 Å². The van der Waals surface area contributed by atoms with Gasteiger partial charge in [-0.2, -0.15) is 0 Å². The van der Waals surface area contributed by atoms with Crippen molar-refractivity contribution in [1.29, 1.82) is 0 Å². The Kier molecular flexibility index (Phi) is 5.41. The molecule has 1 saturated heterocycles. The lowest BCUT2D eigenvalue weighted by molar-refractivity contribution is 0.0431. The predicted molar refractivity (Wildman–Crippen MR) is 102 cm³/mol.